The van der Waals surface area contributed by atoms with Crippen LogP contribution in [0.4, 0.5) is 22.0 Å². The molecule has 0 radical (unpaired) electrons. The number of carbonyl (C=O) groups excluding carboxylic acids is 1. The SMILES string of the molecule is O=C(NCC1CCC(NCc2c(F)cccc2Cl)CC1)c1cc(F)cc(C(F)(F)F)c1. The van der Waals surface area contributed by atoms with Gasteiger partial charge in [0, 0.05) is 35.3 Å². The van der Waals surface area contributed by atoms with E-state index in [0.717, 1.165) is 31.7 Å². The first-order chi connectivity index (χ1) is 14.6. The summed E-state index contributed by atoms with van der Waals surface area (Å²) in [6.45, 7) is 0.612. The molecule has 0 spiro atoms. The molecular weight excluding hydrogens is 439 g/mol. The van der Waals surface area contributed by atoms with Crippen molar-refractivity contribution in [3.8, 4) is 0 Å². The standard InChI is InChI=1S/C22H22ClF5N2O/c23-19-2-1-3-20(25)18(19)12-29-17-6-4-13(5-7-17)11-30-21(31)14-8-15(22(26,27)28)10-16(24)9-14/h1-3,8-10,13,17,29H,4-7,11-12H2,(H,30,31). The summed E-state index contributed by atoms with van der Waals surface area (Å²) in [6.07, 6.45) is -1.52. The van der Waals surface area contributed by atoms with Crippen molar-refractivity contribution in [2.45, 2.75) is 44.4 Å². The molecule has 0 aliphatic heterocycles. The van der Waals surface area contributed by atoms with Crippen LogP contribution in [0.5, 0.6) is 0 Å². The summed E-state index contributed by atoms with van der Waals surface area (Å²) in [6, 6.07) is 6.52. The van der Waals surface area contributed by atoms with Gasteiger partial charge in [-0.1, -0.05) is 17.7 Å². The summed E-state index contributed by atoms with van der Waals surface area (Å²) in [5, 5.41) is 6.27. The Morgan fingerprint density at radius 1 is 1.06 bits per heavy atom. The lowest BCUT2D eigenvalue weighted by molar-refractivity contribution is -0.137. The predicted molar refractivity (Wildman–Crippen MR) is 108 cm³/mol. The molecule has 3 nitrogen and oxygen atoms in total. The van der Waals surface area contributed by atoms with Crippen molar-refractivity contribution in [1.29, 1.82) is 0 Å². The maximum atomic E-state index is 13.8. The monoisotopic (exact) mass is 460 g/mol. The molecule has 0 unspecified atom stereocenters. The summed E-state index contributed by atoms with van der Waals surface area (Å²) in [4.78, 5) is 12.2. The van der Waals surface area contributed by atoms with Gasteiger partial charge in [-0.25, -0.2) is 8.78 Å². The molecule has 0 atom stereocenters. The van der Waals surface area contributed by atoms with Crippen LogP contribution in [-0.2, 0) is 12.7 Å². The van der Waals surface area contributed by atoms with Crippen LogP contribution in [0.2, 0.25) is 5.02 Å². The Morgan fingerprint density at radius 2 is 1.77 bits per heavy atom. The van der Waals surface area contributed by atoms with Crippen molar-refractivity contribution in [1.82, 2.24) is 10.6 Å². The highest BCUT2D eigenvalue weighted by Crippen LogP contribution is 2.30. The van der Waals surface area contributed by atoms with Gasteiger partial charge in [0.2, 0.25) is 0 Å². The largest absolute Gasteiger partial charge is 0.416 e. The normalized spacial score (nSPS) is 19.3. The van der Waals surface area contributed by atoms with Gasteiger partial charge in [-0.05, 0) is 61.9 Å². The number of amides is 1. The van der Waals surface area contributed by atoms with Crippen molar-refractivity contribution >= 4 is 17.5 Å². The van der Waals surface area contributed by atoms with Crippen molar-refractivity contribution in [3.63, 3.8) is 0 Å². The molecule has 1 aliphatic rings. The summed E-state index contributed by atoms with van der Waals surface area (Å²) < 4.78 is 65.8. The fourth-order valence-corrected chi connectivity index (χ4v) is 3.97. The molecule has 2 aromatic carbocycles. The van der Waals surface area contributed by atoms with E-state index in [-0.39, 0.29) is 23.3 Å². The van der Waals surface area contributed by atoms with E-state index >= 15 is 0 Å². The van der Waals surface area contributed by atoms with Crippen LogP contribution in [0.1, 0.15) is 47.2 Å². The number of hydrogen-bond donors (Lipinski definition) is 2. The van der Waals surface area contributed by atoms with Crippen molar-refractivity contribution < 1.29 is 26.7 Å². The Bertz CT molecular complexity index is 906. The molecule has 2 aromatic rings. The highest BCUT2D eigenvalue weighted by molar-refractivity contribution is 6.31. The zero-order valence-electron chi connectivity index (χ0n) is 16.5. The third-order valence-electron chi connectivity index (χ3n) is 5.51. The third-order valence-corrected chi connectivity index (χ3v) is 5.87. The minimum absolute atomic E-state index is 0.162. The zero-order valence-corrected chi connectivity index (χ0v) is 17.3. The molecule has 2 N–H and O–H groups in total. The van der Waals surface area contributed by atoms with Crippen molar-refractivity contribution in [2.24, 2.45) is 5.92 Å². The van der Waals surface area contributed by atoms with E-state index < -0.39 is 23.5 Å². The molecular formula is C22H22ClF5N2O. The van der Waals surface area contributed by atoms with Crippen LogP contribution < -0.4 is 10.6 Å². The number of rotatable bonds is 6. The summed E-state index contributed by atoms with van der Waals surface area (Å²) in [5.74, 6) is -2.04. The van der Waals surface area contributed by atoms with Gasteiger partial charge in [0.25, 0.3) is 5.91 Å². The van der Waals surface area contributed by atoms with Crippen LogP contribution >= 0.6 is 11.6 Å². The minimum Gasteiger partial charge on any atom is -0.352 e. The second kappa shape index (κ2) is 9.96. The predicted octanol–water partition coefficient (Wildman–Crippen LogP) is 5.72. The Labute approximate surface area is 182 Å². The lowest BCUT2D eigenvalue weighted by Crippen LogP contribution is -2.37. The second-order valence-electron chi connectivity index (χ2n) is 7.74. The maximum Gasteiger partial charge on any atom is 0.416 e. The lowest BCUT2D eigenvalue weighted by Gasteiger charge is -2.29. The Hall–Kier alpha value is -2.19. The summed E-state index contributed by atoms with van der Waals surface area (Å²) in [7, 11) is 0. The number of nitrogens with one attached hydrogen (secondary N) is 2. The van der Waals surface area contributed by atoms with Crippen LogP contribution in [0.25, 0.3) is 0 Å². The van der Waals surface area contributed by atoms with Crippen LogP contribution in [0.15, 0.2) is 36.4 Å². The van der Waals surface area contributed by atoms with Gasteiger partial charge in [0.1, 0.15) is 11.6 Å². The topological polar surface area (TPSA) is 41.1 Å². The third kappa shape index (κ3) is 6.40. The average molecular weight is 461 g/mol. The highest BCUT2D eigenvalue weighted by Gasteiger charge is 2.32. The van der Waals surface area contributed by atoms with Gasteiger partial charge in [0.05, 0.1) is 5.56 Å². The van der Waals surface area contributed by atoms with E-state index in [1.807, 2.05) is 0 Å². The van der Waals surface area contributed by atoms with E-state index in [4.69, 9.17) is 11.6 Å². The first kappa shape index (κ1) is 23.5. The molecule has 0 bridgehead atoms. The fourth-order valence-electron chi connectivity index (χ4n) is 3.74. The van der Waals surface area contributed by atoms with E-state index in [2.05, 4.69) is 10.6 Å². The molecule has 0 aromatic heterocycles. The number of carbonyl (C=O) groups is 1. The molecule has 1 saturated carbocycles. The van der Waals surface area contributed by atoms with Gasteiger partial charge in [-0.15, -0.1) is 0 Å². The van der Waals surface area contributed by atoms with Crippen LogP contribution in [-0.4, -0.2) is 18.5 Å². The molecule has 168 valence electrons. The van der Waals surface area contributed by atoms with Crippen LogP contribution in [0, 0.1) is 17.6 Å². The number of halogens is 6. The molecule has 1 amide bonds. The molecule has 31 heavy (non-hydrogen) atoms. The summed E-state index contributed by atoms with van der Waals surface area (Å²) in [5.41, 5.74) is -1.13. The fraction of sp³-hybridized carbons (Fsp3) is 0.409. The molecule has 1 fully saturated rings. The Morgan fingerprint density at radius 3 is 2.42 bits per heavy atom. The Balaban J connectivity index is 1.46. The number of benzene rings is 2. The Kier molecular flexibility index (Phi) is 7.54. The van der Waals surface area contributed by atoms with Gasteiger partial charge in [-0.2, -0.15) is 13.2 Å². The lowest BCUT2D eigenvalue weighted by atomic mass is 9.86. The van der Waals surface area contributed by atoms with Gasteiger partial charge in [0.15, 0.2) is 0 Å². The maximum absolute atomic E-state index is 13.8. The van der Waals surface area contributed by atoms with Gasteiger partial charge >= 0.3 is 6.18 Å². The smallest absolute Gasteiger partial charge is 0.352 e. The van der Waals surface area contributed by atoms with E-state index in [1.165, 1.54) is 6.07 Å². The van der Waals surface area contributed by atoms with Gasteiger partial charge < -0.3 is 10.6 Å². The molecule has 1 aliphatic carbocycles. The zero-order chi connectivity index (χ0) is 22.6. The quantitative estimate of drug-likeness (QED) is 0.542. The molecule has 3 rings (SSSR count). The second-order valence-corrected chi connectivity index (χ2v) is 8.14. The molecule has 0 saturated heterocycles. The molecule has 9 heteroatoms. The first-order valence-electron chi connectivity index (χ1n) is 9.95. The van der Waals surface area contributed by atoms with Crippen molar-refractivity contribution in [2.75, 3.05) is 6.54 Å². The summed E-state index contributed by atoms with van der Waals surface area (Å²) >= 11 is 6.03. The van der Waals surface area contributed by atoms with Gasteiger partial charge in [-0.3, -0.25) is 4.79 Å². The highest BCUT2D eigenvalue weighted by atomic mass is 35.5. The van der Waals surface area contributed by atoms with E-state index in [9.17, 15) is 26.7 Å². The van der Waals surface area contributed by atoms with Crippen LogP contribution in [0.3, 0.4) is 0 Å². The van der Waals surface area contributed by atoms with E-state index in [0.29, 0.717) is 35.8 Å². The minimum atomic E-state index is -4.73. The van der Waals surface area contributed by atoms with E-state index in [1.54, 1.807) is 12.1 Å². The number of hydrogen-bond acceptors (Lipinski definition) is 2. The average Bonchev–Trinajstić information content (AvgIpc) is 2.71. The van der Waals surface area contributed by atoms with Crippen molar-refractivity contribution in [3.05, 3.63) is 69.7 Å². The number of alkyl halides is 3. The molecule has 0 heterocycles. The first-order valence-corrected chi connectivity index (χ1v) is 10.3.